The van der Waals surface area contributed by atoms with Crippen LogP contribution in [0.2, 0.25) is 0 Å². The molecule has 0 saturated carbocycles. The van der Waals surface area contributed by atoms with E-state index in [9.17, 15) is 0 Å². The van der Waals surface area contributed by atoms with Crippen LogP contribution in [0.15, 0.2) is 72.6 Å². The van der Waals surface area contributed by atoms with Crippen molar-refractivity contribution in [3.63, 3.8) is 0 Å². The second kappa shape index (κ2) is 8.64. The van der Waals surface area contributed by atoms with E-state index >= 15 is 0 Å². The Balaban J connectivity index is 1.62. The summed E-state index contributed by atoms with van der Waals surface area (Å²) in [6.45, 7) is 2.08. The Hall–Kier alpha value is -4.46. The van der Waals surface area contributed by atoms with Crippen molar-refractivity contribution in [2.75, 3.05) is 26.6 Å². The number of hydrogen-bond donors (Lipinski definition) is 1. The van der Waals surface area contributed by atoms with Crippen molar-refractivity contribution in [2.45, 2.75) is 19.1 Å². The SMILES string of the molecule is COc1cccc([C@H]2C3=C(Nc4ncnn42)c2cc(C)ccc2O[C@H]3c2ccc(OC)c(OC)c2)c1. The number of fused-ring (bicyclic) bond motifs is 3. The third-order valence-electron chi connectivity index (χ3n) is 6.69. The number of aryl methyl sites for hydroxylation is 1. The molecule has 3 heterocycles. The molecule has 1 N–H and O–H groups in total. The molecule has 2 aliphatic heterocycles. The second-order valence-electron chi connectivity index (χ2n) is 8.77. The van der Waals surface area contributed by atoms with Crippen LogP contribution in [0.5, 0.6) is 23.0 Å². The number of nitrogens with one attached hydrogen (secondary N) is 1. The van der Waals surface area contributed by atoms with Gasteiger partial charge in [0.25, 0.3) is 0 Å². The van der Waals surface area contributed by atoms with Gasteiger partial charge in [-0.3, -0.25) is 0 Å². The molecule has 0 unspecified atom stereocenters. The molecule has 0 radical (unpaired) electrons. The maximum Gasteiger partial charge on any atom is 0.226 e. The minimum atomic E-state index is -0.420. The molecule has 182 valence electrons. The highest BCUT2D eigenvalue weighted by Crippen LogP contribution is 2.51. The van der Waals surface area contributed by atoms with Gasteiger partial charge in [-0.15, -0.1) is 0 Å². The molecule has 8 nitrogen and oxygen atoms in total. The first-order chi connectivity index (χ1) is 17.6. The molecule has 8 heteroatoms. The molecule has 4 aromatic rings. The number of benzene rings is 3. The van der Waals surface area contributed by atoms with Crippen LogP contribution in [0.4, 0.5) is 5.95 Å². The highest BCUT2D eigenvalue weighted by Gasteiger charge is 2.41. The van der Waals surface area contributed by atoms with Crippen molar-refractivity contribution < 1.29 is 18.9 Å². The van der Waals surface area contributed by atoms with Crippen molar-refractivity contribution in [2.24, 2.45) is 0 Å². The maximum absolute atomic E-state index is 6.73. The van der Waals surface area contributed by atoms with Gasteiger partial charge in [0.15, 0.2) is 11.5 Å². The summed E-state index contributed by atoms with van der Waals surface area (Å²) in [6.07, 6.45) is 1.15. The topological polar surface area (TPSA) is 79.7 Å². The molecule has 6 rings (SSSR count). The lowest BCUT2D eigenvalue weighted by molar-refractivity contribution is 0.222. The van der Waals surface area contributed by atoms with Crippen LogP contribution in [0, 0.1) is 6.92 Å². The maximum atomic E-state index is 6.73. The molecule has 2 atom stereocenters. The second-order valence-corrected chi connectivity index (χ2v) is 8.77. The Morgan fingerprint density at radius 3 is 2.56 bits per heavy atom. The summed E-state index contributed by atoms with van der Waals surface area (Å²) >= 11 is 0. The average molecular weight is 483 g/mol. The molecule has 0 spiro atoms. The minimum Gasteiger partial charge on any atom is -0.497 e. The van der Waals surface area contributed by atoms with Gasteiger partial charge in [0.05, 0.1) is 27.0 Å². The lowest BCUT2D eigenvalue weighted by Gasteiger charge is -2.39. The third-order valence-corrected chi connectivity index (χ3v) is 6.69. The van der Waals surface area contributed by atoms with Crippen molar-refractivity contribution in [3.05, 3.63) is 94.8 Å². The van der Waals surface area contributed by atoms with Crippen LogP contribution >= 0.6 is 0 Å². The zero-order chi connectivity index (χ0) is 24.8. The van der Waals surface area contributed by atoms with Gasteiger partial charge in [0.2, 0.25) is 5.95 Å². The van der Waals surface area contributed by atoms with Crippen LogP contribution < -0.4 is 24.3 Å². The lowest BCUT2D eigenvalue weighted by Crippen LogP contribution is -2.32. The van der Waals surface area contributed by atoms with E-state index in [1.165, 1.54) is 0 Å². The summed E-state index contributed by atoms with van der Waals surface area (Å²) in [4.78, 5) is 4.51. The van der Waals surface area contributed by atoms with Crippen LogP contribution in [-0.2, 0) is 0 Å². The molecule has 1 aromatic heterocycles. The smallest absolute Gasteiger partial charge is 0.226 e. The highest BCUT2D eigenvalue weighted by molar-refractivity contribution is 5.85. The van der Waals surface area contributed by atoms with E-state index in [0.717, 1.165) is 45.0 Å². The van der Waals surface area contributed by atoms with Crippen LogP contribution in [0.3, 0.4) is 0 Å². The predicted octanol–water partition coefficient (Wildman–Crippen LogP) is 5.17. The van der Waals surface area contributed by atoms with Gasteiger partial charge < -0.3 is 24.3 Å². The average Bonchev–Trinajstić information content (AvgIpc) is 3.39. The summed E-state index contributed by atoms with van der Waals surface area (Å²) in [5.41, 5.74) is 6.06. The Bertz CT molecular complexity index is 1490. The third kappa shape index (κ3) is 3.45. The minimum absolute atomic E-state index is 0.277. The van der Waals surface area contributed by atoms with E-state index in [2.05, 4.69) is 40.5 Å². The predicted molar refractivity (Wildman–Crippen MR) is 136 cm³/mol. The van der Waals surface area contributed by atoms with Gasteiger partial charge in [-0.25, -0.2) is 4.68 Å². The Kier molecular flexibility index (Phi) is 5.29. The Morgan fingerprint density at radius 1 is 0.889 bits per heavy atom. The normalized spacial score (nSPS) is 17.8. The van der Waals surface area contributed by atoms with Crippen LogP contribution in [-0.4, -0.2) is 36.1 Å². The Morgan fingerprint density at radius 2 is 1.75 bits per heavy atom. The quantitative estimate of drug-likeness (QED) is 0.420. The molecular weight excluding hydrogens is 456 g/mol. The van der Waals surface area contributed by atoms with E-state index in [1.54, 1.807) is 27.7 Å². The summed E-state index contributed by atoms with van der Waals surface area (Å²) in [7, 11) is 4.93. The molecule has 0 saturated heterocycles. The first-order valence-electron chi connectivity index (χ1n) is 11.7. The van der Waals surface area contributed by atoms with Crippen LogP contribution in [0.25, 0.3) is 5.70 Å². The molecule has 0 aliphatic carbocycles. The van der Waals surface area contributed by atoms with Gasteiger partial charge in [0, 0.05) is 16.7 Å². The summed E-state index contributed by atoms with van der Waals surface area (Å²) in [5.74, 6) is 3.53. The fourth-order valence-corrected chi connectivity index (χ4v) is 5.01. The number of hydrogen-bond acceptors (Lipinski definition) is 7. The number of rotatable bonds is 5. The van der Waals surface area contributed by atoms with E-state index in [1.807, 2.05) is 47.1 Å². The van der Waals surface area contributed by atoms with E-state index in [4.69, 9.17) is 18.9 Å². The number of aromatic nitrogens is 3. The van der Waals surface area contributed by atoms with E-state index in [-0.39, 0.29) is 6.04 Å². The molecule has 0 bridgehead atoms. The van der Waals surface area contributed by atoms with Crippen molar-refractivity contribution in [1.82, 2.24) is 14.8 Å². The molecule has 36 heavy (non-hydrogen) atoms. The van der Waals surface area contributed by atoms with Gasteiger partial charge in [-0.2, -0.15) is 10.1 Å². The van der Waals surface area contributed by atoms with Gasteiger partial charge in [0.1, 0.15) is 30.0 Å². The lowest BCUT2D eigenvalue weighted by atomic mass is 9.84. The fraction of sp³-hybridized carbons (Fsp3) is 0.214. The number of methoxy groups -OCH3 is 3. The Labute approximate surface area is 209 Å². The molecule has 0 amide bonds. The standard InChI is InChI=1S/C28H26N4O4/c1-16-8-10-21-20(12-16)25-24(27(36-21)18-9-11-22(34-3)23(14-18)35-4)26(32-28(31-25)29-15-30-32)17-6-5-7-19(13-17)33-2/h5-15,26-27H,1-4H3,(H,29,30,31)/t26-,27-/m0/s1. The molecule has 0 fully saturated rings. The number of nitrogens with zero attached hydrogens (tertiary/aromatic N) is 3. The fourth-order valence-electron chi connectivity index (χ4n) is 5.01. The van der Waals surface area contributed by atoms with Gasteiger partial charge in [-0.1, -0.05) is 29.8 Å². The highest BCUT2D eigenvalue weighted by atomic mass is 16.5. The molecular formula is C28H26N4O4. The van der Waals surface area contributed by atoms with Crippen molar-refractivity contribution in [3.8, 4) is 23.0 Å². The summed E-state index contributed by atoms with van der Waals surface area (Å²) in [5, 5.41) is 8.14. The summed E-state index contributed by atoms with van der Waals surface area (Å²) < 4.78 is 25.3. The summed E-state index contributed by atoms with van der Waals surface area (Å²) in [6, 6.07) is 19.8. The van der Waals surface area contributed by atoms with E-state index in [0.29, 0.717) is 17.4 Å². The molecule has 2 aliphatic rings. The van der Waals surface area contributed by atoms with E-state index < -0.39 is 6.10 Å². The van der Waals surface area contributed by atoms with Crippen molar-refractivity contribution in [1.29, 1.82) is 0 Å². The van der Waals surface area contributed by atoms with Gasteiger partial charge >= 0.3 is 0 Å². The van der Waals surface area contributed by atoms with Crippen molar-refractivity contribution >= 4 is 11.6 Å². The number of ether oxygens (including phenoxy) is 4. The zero-order valence-electron chi connectivity index (χ0n) is 20.5. The van der Waals surface area contributed by atoms with Gasteiger partial charge in [-0.05, 0) is 48.9 Å². The first kappa shape index (κ1) is 22.0. The largest absolute Gasteiger partial charge is 0.497 e. The number of anilines is 1. The first-order valence-corrected chi connectivity index (χ1v) is 11.7. The zero-order valence-corrected chi connectivity index (χ0v) is 20.5. The molecule has 3 aromatic carbocycles. The van der Waals surface area contributed by atoms with Crippen LogP contribution in [0.1, 0.15) is 34.4 Å². The monoisotopic (exact) mass is 482 g/mol.